The molecule has 0 unspecified atom stereocenters. The summed E-state index contributed by atoms with van der Waals surface area (Å²) < 4.78 is 22.9. The van der Waals surface area contributed by atoms with E-state index in [4.69, 9.17) is 5.14 Å². The number of benzene rings is 2. The molecule has 24 heavy (non-hydrogen) atoms. The molecular formula is C19H22N2O2S. The molecular weight excluding hydrogens is 320 g/mol. The monoisotopic (exact) mass is 342 g/mol. The minimum absolute atomic E-state index is 0.0405. The largest absolute Gasteiger partial charge is 0.340 e. The molecule has 0 saturated carbocycles. The van der Waals surface area contributed by atoms with Crippen LogP contribution in [0.2, 0.25) is 0 Å². The third-order valence-corrected chi connectivity index (χ3v) is 5.14. The summed E-state index contributed by atoms with van der Waals surface area (Å²) >= 11 is 0. The molecule has 0 aromatic heterocycles. The Morgan fingerprint density at radius 1 is 1.00 bits per heavy atom. The fourth-order valence-electron chi connectivity index (χ4n) is 3.00. The van der Waals surface area contributed by atoms with Gasteiger partial charge < -0.3 is 4.90 Å². The lowest BCUT2D eigenvalue weighted by Crippen LogP contribution is -2.24. The Kier molecular flexibility index (Phi) is 4.01. The van der Waals surface area contributed by atoms with Crippen molar-refractivity contribution in [2.24, 2.45) is 10.6 Å². The van der Waals surface area contributed by atoms with Crippen molar-refractivity contribution >= 4 is 21.4 Å². The van der Waals surface area contributed by atoms with E-state index >= 15 is 0 Å². The molecule has 1 heterocycles. The summed E-state index contributed by atoms with van der Waals surface area (Å²) in [6, 6.07) is 15.2. The van der Waals surface area contributed by atoms with Crippen molar-refractivity contribution in [1.82, 2.24) is 0 Å². The van der Waals surface area contributed by atoms with E-state index in [2.05, 4.69) is 56.0 Å². The molecule has 5 heteroatoms. The summed E-state index contributed by atoms with van der Waals surface area (Å²) in [5.41, 5.74) is 4.52. The van der Waals surface area contributed by atoms with Crippen LogP contribution in [-0.2, 0) is 10.0 Å². The normalized spacial score (nSPS) is 17.0. The zero-order valence-corrected chi connectivity index (χ0v) is 15.0. The maximum Gasteiger partial charge on any atom is 0.238 e. The van der Waals surface area contributed by atoms with E-state index in [9.17, 15) is 8.42 Å². The van der Waals surface area contributed by atoms with E-state index in [0.29, 0.717) is 0 Å². The van der Waals surface area contributed by atoms with Crippen molar-refractivity contribution < 1.29 is 8.42 Å². The molecule has 3 rings (SSSR count). The van der Waals surface area contributed by atoms with Gasteiger partial charge in [-0.3, -0.25) is 0 Å². The Hall–Kier alpha value is -2.11. The number of primary sulfonamides is 1. The Morgan fingerprint density at radius 3 is 2.12 bits per heavy atom. The van der Waals surface area contributed by atoms with Crippen molar-refractivity contribution in [3.05, 3.63) is 65.7 Å². The summed E-state index contributed by atoms with van der Waals surface area (Å²) in [6.45, 7) is 7.30. The van der Waals surface area contributed by atoms with Crippen molar-refractivity contribution in [3.8, 4) is 0 Å². The first-order chi connectivity index (χ1) is 11.2. The first kappa shape index (κ1) is 16.7. The molecule has 0 radical (unpaired) electrons. The van der Waals surface area contributed by atoms with Gasteiger partial charge in [0.05, 0.1) is 4.90 Å². The maximum atomic E-state index is 11.4. The summed E-state index contributed by atoms with van der Waals surface area (Å²) in [5.74, 6) is 0. The van der Waals surface area contributed by atoms with Crippen LogP contribution in [0, 0.1) is 12.3 Å². The molecule has 2 aromatic carbocycles. The Morgan fingerprint density at radius 2 is 1.58 bits per heavy atom. The maximum absolute atomic E-state index is 11.4. The van der Waals surface area contributed by atoms with Crippen LogP contribution in [0.1, 0.15) is 25.0 Å². The lowest BCUT2D eigenvalue weighted by atomic mass is 9.95. The van der Waals surface area contributed by atoms with Crippen molar-refractivity contribution in [3.63, 3.8) is 0 Å². The molecule has 0 saturated heterocycles. The Bertz CT molecular complexity index is 880. The zero-order valence-electron chi connectivity index (χ0n) is 14.2. The number of hydrogen-bond acceptors (Lipinski definition) is 3. The summed E-state index contributed by atoms with van der Waals surface area (Å²) in [7, 11) is -3.67. The molecule has 0 bridgehead atoms. The van der Waals surface area contributed by atoms with Gasteiger partial charge in [0, 0.05) is 23.3 Å². The van der Waals surface area contributed by atoms with Crippen LogP contribution < -0.4 is 10.0 Å². The van der Waals surface area contributed by atoms with Crippen molar-refractivity contribution in [2.75, 3.05) is 11.4 Å². The van der Waals surface area contributed by atoms with Crippen LogP contribution in [0.25, 0.3) is 5.70 Å². The molecule has 4 nitrogen and oxygen atoms in total. The molecule has 0 amide bonds. The highest BCUT2D eigenvalue weighted by atomic mass is 32.2. The molecule has 0 aliphatic carbocycles. The molecule has 1 aliphatic rings. The lowest BCUT2D eigenvalue weighted by Gasteiger charge is -2.25. The third-order valence-electron chi connectivity index (χ3n) is 4.21. The molecule has 1 aliphatic heterocycles. The van der Waals surface area contributed by atoms with Crippen molar-refractivity contribution in [1.29, 1.82) is 0 Å². The number of nitrogens with zero attached hydrogens (tertiary/aromatic N) is 1. The van der Waals surface area contributed by atoms with Crippen LogP contribution in [0.15, 0.2) is 59.5 Å². The van der Waals surface area contributed by atoms with Crippen LogP contribution in [0.4, 0.5) is 5.69 Å². The van der Waals surface area contributed by atoms with Gasteiger partial charge in [-0.15, -0.1) is 0 Å². The first-order valence-electron chi connectivity index (χ1n) is 7.86. The Balaban J connectivity index is 2.00. The van der Waals surface area contributed by atoms with E-state index in [0.717, 1.165) is 23.5 Å². The van der Waals surface area contributed by atoms with E-state index in [1.165, 1.54) is 5.56 Å². The molecule has 0 atom stereocenters. The van der Waals surface area contributed by atoms with Gasteiger partial charge in [0.2, 0.25) is 10.0 Å². The second-order valence-electron chi connectivity index (χ2n) is 7.01. The minimum atomic E-state index is -3.67. The van der Waals surface area contributed by atoms with Gasteiger partial charge in [-0.2, -0.15) is 0 Å². The second-order valence-corrected chi connectivity index (χ2v) is 8.57. The summed E-state index contributed by atoms with van der Waals surface area (Å²) in [4.78, 5) is 2.35. The lowest BCUT2D eigenvalue weighted by molar-refractivity contribution is 0.516. The average Bonchev–Trinajstić information content (AvgIpc) is 2.83. The number of nitrogens with two attached hydrogens (primary N) is 1. The van der Waals surface area contributed by atoms with Gasteiger partial charge >= 0.3 is 0 Å². The third kappa shape index (κ3) is 3.37. The highest BCUT2D eigenvalue weighted by molar-refractivity contribution is 7.89. The van der Waals surface area contributed by atoms with E-state index in [1.54, 1.807) is 12.1 Å². The number of sulfonamides is 1. The Labute approximate surface area is 143 Å². The average molecular weight is 342 g/mol. The number of rotatable bonds is 3. The van der Waals surface area contributed by atoms with Gasteiger partial charge in [-0.25, -0.2) is 13.6 Å². The second kappa shape index (κ2) is 5.76. The molecule has 0 spiro atoms. The highest BCUT2D eigenvalue weighted by Crippen LogP contribution is 2.39. The van der Waals surface area contributed by atoms with E-state index in [1.807, 2.05) is 12.1 Å². The molecule has 126 valence electrons. The number of aryl methyl sites for hydroxylation is 1. The molecule has 0 fully saturated rings. The van der Waals surface area contributed by atoms with Crippen molar-refractivity contribution in [2.45, 2.75) is 25.7 Å². The molecule has 2 aromatic rings. The van der Waals surface area contributed by atoms with Crippen LogP contribution in [-0.4, -0.2) is 15.0 Å². The SMILES string of the molecule is Cc1ccc(C2=CC(C)(C)CN2c2ccc(S(N)(=O)=O)cc2)cc1. The minimum Gasteiger partial charge on any atom is -0.340 e. The quantitative estimate of drug-likeness (QED) is 0.928. The summed E-state index contributed by atoms with van der Waals surface area (Å²) in [6.07, 6.45) is 2.27. The molecule has 2 N–H and O–H groups in total. The topological polar surface area (TPSA) is 63.4 Å². The summed E-state index contributed by atoms with van der Waals surface area (Å²) in [5, 5.41) is 5.18. The van der Waals surface area contributed by atoms with Gasteiger partial charge in [0.25, 0.3) is 0 Å². The van der Waals surface area contributed by atoms with E-state index in [-0.39, 0.29) is 10.3 Å². The first-order valence-corrected chi connectivity index (χ1v) is 9.41. The van der Waals surface area contributed by atoms with Crippen LogP contribution >= 0.6 is 0 Å². The predicted octanol–water partition coefficient (Wildman–Crippen LogP) is 3.53. The zero-order chi connectivity index (χ0) is 17.5. The number of hydrogen-bond donors (Lipinski definition) is 1. The van der Waals surface area contributed by atoms with Crippen LogP contribution in [0.5, 0.6) is 0 Å². The van der Waals surface area contributed by atoms with Gasteiger partial charge in [0.15, 0.2) is 0 Å². The van der Waals surface area contributed by atoms with Gasteiger partial charge in [0.1, 0.15) is 0 Å². The fraction of sp³-hybridized carbons (Fsp3) is 0.263. The van der Waals surface area contributed by atoms with Gasteiger partial charge in [-0.05, 0) is 36.8 Å². The number of anilines is 1. The standard InChI is InChI=1S/C19H22N2O2S/c1-14-4-6-15(7-5-14)18-12-19(2,3)13-21(18)16-8-10-17(11-9-16)24(20,22)23/h4-12H,13H2,1-3H3,(H2,20,22,23). The smallest absolute Gasteiger partial charge is 0.238 e. The fourth-order valence-corrected chi connectivity index (χ4v) is 3.51. The highest BCUT2D eigenvalue weighted by Gasteiger charge is 2.31. The van der Waals surface area contributed by atoms with E-state index < -0.39 is 10.0 Å². The predicted molar refractivity (Wildman–Crippen MR) is 98.1 cm³/mol. The van der Waals surface area contributed by atoms with Gasteiger partial charge in [-0.1, -0.05) is 49.8 Å². The van der Waals surface area contributed by atoms with Crippen LogP contribution in [0.3, 0.4) is 0 Å².